The Labute approximate surface area is 156 Å². The minimum Gasteiger partial charge on any atom is -0.462 e. The fourth-order valence-electron chi connectivity index (χ4n) is 3.97. The van der Waals surface area contributed by atoms with Crippen molar-refractivity contribution < 1.29 is 9.53 Å². The molecule has 0 saturated carbocycles. The van der Waals surface area contributed by atoms with Crippen molar-refractivity contribution in [2.75, 3.05) is 11.9 Å². The first-order chi connectivity index (χ1) is 12.2. The molecule has 0 unspecified atom stereocenters. The van der Waals surface area contributed by atoms with Gasteiger partial charge in [0, 0.05) is 16.1 Å². The zero-order chi connectivity index (χ0) is 17.4. The van der Waals surface area contributed by atoms with E-state index in [4.69, 9.17) is 4.74 Å². The molecule has 3 nitrogen and oxygen atoms in total. The number of carbonyl (C=O) groups is 1. The number of halogens is 1. The molecular weight excluding hydrogens is 378 g/mol. The topological polar surface area (TPSA) is 38.3 Å². The molecule has 0 saturated heterocycles. The van der Waals surface area contributed by atoms with Crippen LogP contribution in [0.2, 0.25) is 0 Å². The third-order valence-corrected chi connectivity index (χ3v) is 5.57. The number of hydrogen-bond acceptors (Lipinski definition) is 3. The second-order valence-corrected chi connectivity index (χ2v) is 7.47. The lowest BCUT2D eigenvalue weighted by atomic mass is 9.76. The van der Waals surface area contributed by atoms with Crippen molar-refractivity contribution in [1.29, 1.82) is 0 Å². The summed E-state index contributed by atoms with van der Waals surface area (Å²) in [5, 5.41) is 3.70. The number of allylic oxidation sites excluding steroid dienone is 2. The molecule has 1 aliphatic heterocycles. The number of rotatable bonds is 3. The van der Waals surface area contributed by atoms with Crippen LogP contribution in [-0.2, 0) is 4.74 Å². The van der Waals surface area contributed by atoms with Crippen molar-refractivity contribution in [3.05, 3.63) is 75.8 Å². The van der Waals surface area contributed by atoms with Gasteiger partial charge in [0.1, 0.15) is 0 Å². The molecule has 0 bridgehead atoms. The summed E-state index contributed by atoms with van der Waals surface area (Å²) >= 11 is 3.58. The van der Waals surface area contributed by atoms with Crippen LogP contribution in [0.15, 0.2) is 59.1 Å². The Kier molecular flexibility index (Phi) is 4.38. The average Bonchev–Trinajstić information content (AvgIpc) is 3.11. The molecule has 0 amide bonds. The SMILES string of the molecule is CCOC(=O)c1ccc2c(c1)[C@@H]1C=CC[C@H]1[C@@H](c1cccc(Br)c1)N2. The molecule has 4 heteroatoms. The van der Waals surface area contributed by atoms with Crippen LogP contribution >= 0.6 is 15.9 Å². The van der Waals surface area contributed by atoms with Crippen molar-refractivity contribution in [3.8, 4) is 0 Å². The van der Waals surface area contributed by atoms with Gasteiger partial charge in [-0.15, -0.1) is 0 Å². The third-order valence-electron chi connectivity index (χ3n) is 5.08. The summed E-state index contributed by atoms with van der Waals surface area (Å²) in [5.74, 6) is 0.534. The fraction of sp³-hybridized carbons (Fsp3) is 0.286. The van der Waals surface area contributed by atoms with E-state index in [2.05, 4.69) is 57.7 Å². The van der Waals surface area contributed by atoms with Gasteiger partial charge in [0.25, 0.3) is 0 Å². The molecule has 3 atom stereocenters. The Morgan fingerprint density at radius 2 is 2.16 bits per heavy atom. The molecule has 0 aromatic heterocycles. The van der Waals surface area contributed by atoms with E-state index in [-0.39, 0.29) is 12.0 Å². The minimum atomic E-state index is -0.252. The first-order valence-corrected chi connectivity index (χ1v) is 9.46. The van der Waals surface area contributed by atoms with Crippen LogP contribution in [0, 0.1) is 5.92 Å². The molecule has 128 valence electrons. The number of carbonyl (C=O) groups excluding carboxylic acids is 1. The van der Waals surface area contributed by atoms with E-state index in [0.29, 0.717) is 24.0 Å². The number of ether oxygens (including phenoxy) is 1. The summed E-state index contributed by atoms with van der Waals surface area (Å²) in [4.78, 5) is 12.1. The van der Waals surface area contributed by atoms with Crippen molar-refractivity contribution in [2.45, 2.75) is 25.3 Å². The molecule has 1 aliphatic carbocycles. The largest absolute Gasteiger partial charge is 0.462 e. The summed E-state index contributed by atoms with van der Waals surface area (Å²) < 4.78 is 6.25. The highest BCUT2D eigenvalue weighted by Gasteiger charge is 2.38. The third kappa shape index (κ3) is 2.99. The van der Waals surface area contributed by atoms with Crippen LogP contribution in [0.5, 0.6) is 0 Å². The number of anilines is 1. The van der Waals surface area contributed by atoms with Crippen molar-refractivity contribution >= 4 is 27.6 Å². The maximum Gasteiger partial charge on any atom is 0.338 e. The lowest BCUT2D eigenvalue weighted by Gasteiger charge is -2.37. The second-order valence-electron chi connectivity index (χ2n) is 6.55. The minimum absolute atomic E-state index is 0.252. The molecule has 0 radical (unpaired) electrons. The highest BCUT2D eigenvalue weighted by atomic mass is 79.9. The number of fused-ring (bicyclic) bond motifs is 3. The molecule has 4 rings (SSSR count). The van der Waals surface area contributed by atoms with Gasteiger partial charge in [-0.3, -0.25) is 0 Å². The first-order valence-electron chi connectivity index (χ1n) is 8.67. The zero-order valence-corrected chi connectivity index (χ0v) is 15.6. The van der Waals surface area contributed by atoms with Gasteiger partial charge < -0.3 is 10.1 Å². The predicted octanol–water partition coefficient (Wildman–Crippen LogP) is 5.45. The number of hydrogen-bond donors (Lipinski definition) is 1. The van der Waals surface area contributed by atoms with Gasteiger partial charge in [0.05, 0.1) is 18.2 Å². The van der Waals surface area contributed by atoms with E-state index < -0.39 is 0 Å². The highest BCUT2D eigenvalue weighted by Crippen LogP contribution is 2.50. The Morgan fingerprint density at radius 3 is 2.96 bits per heavy atom. The van der Waals surface area contributed by atoms with Crippen LogP contribution in [0.3, 0.4) is 0 Å². The van der Waals surface area contributed by atoms with Gasteiger partial charge in [-0.1, -0.05) is 40.2 Å². The van der Waals surface area contributed by atoms with Gasteiger partial charge >= 0.3 is 5.97 Å². The van der Waals surface area contributed by atoms with E-state index in [9.17, 15) is 4.79 Å². The van der Waals surface area contributed by atoms with Crippen molar-refractivity contribution in [1.82, 2.24) is 0 Å². The molecule has 2 aromatic carbocycles. The Morgan fingerprint density at radius 1 is 1.28 bits per heavy atom. The van der Waals surface area contributed by atoms with Crippen molar-refractivity contribution in [3.63, 3.8) is 0 Å². The summed E-state index contributed by atoms with van der Waals surface area (Å²) in [6, 6.07) is 14.6. The normalized spacial score (nSPS) is 23.5. The predicted molar refractivity (Wildman–Crippen MR) is 103 cm³/mol. The fourth-order valence-corrected chi connectivity index (χ4v) is 4.38. The Balaban J connectivity index is 1.72. The smallest absolute Gasteiger partial charge is 0.338 e. The summed E-state index contributed by atoms with van der Waals surface area (Å²) in [7, 11) is 0. The molecule has 2 aromatic rings. The standard InChI is InChI=1S/C21H20BrNO2/c1-2-25-21(24)14-9-10-19-18(12-14)16-7-4-8-17(16)20(23-19)13-5-3-6-15(22)11-13/h3-7,9-12,16-17,20,23H,2,8H2,1H3/t16-,17-,20-/m1/s1. The molecule has 0 fully saturated rings. The molecular formula is C21H20BrNO2. The van der Waals surface area contributed by atoms with Crippen LogP contribution in [0.25, 0.3) is 0 Å². The number of nitrogens with one attached hydrogen (secondary N) is 1. The van der Waals surface area contributed by atoms with Gasteiger partial charge in [-0.05, 0) is 60.7 Å². The van der Waals surface area contributed by atoms with Gasteiger partial charge in [-0.25, -0.2) is 4.79 Å². The van der Waals surface area contributed by atoms with E-state index >= 15 is 0 Å². The lowest BCUT2D eigenvalue weighted by molar-refractivity contribution is 0.0526. The van der Waals surface area contributed by atoms with Gasteiger partial charge in [0.2, 0.25) is 0 Å². The van der Waals surface area contributed by atoms with Crippen LogP contribution < -0.4 is 5.32 Å². The average molecular weight is 398 g/mol. The van der Waals surface area contributed by atoms with Crippen LogP contribution in [0.1, 0.15) is 46.8 Å². The van der Waals surface area contributed by atoms with E-state index in [1.54, 1.807) is 0 Å². The van der Waals surface area contributed by atoms with Crippen LogP contribution in [-0.4, -0.2) is 12.6 Å². The summed E-state index contributed by atoms with van der Waals surface area (Å²) in [6.45, 7) is 2.22. The monoisotopic (exact) mass is 397 g/mol. The summed E-state index contributed by atoms with van der Waals surface area (Å²) in [5.41, 5.74) is 4.21. The van der Waals surface area contributed by atoms with Gasteiger partial charge in [-0.2, -0.15) is 0 Å². The maximum atomic E-state index is 12.1. The molecule has 0 spiro atoms. The van der Waals surface area contributed by atoms with Crippen LogP contribution in [0.4, 0.5) is 5.69 Å². The van der Waals surface area contributed by atoms with E-state index in [0.717, 1.165) is 16.6 Å². The zero-order valence-electron chi connectivity index (χ0n) is 14.0. The molecule has 1 heterocycles. The number of esters is 1. The molecule has 2 aliphatic rings. The molecule has 1 N–H and O–H groups in total. The second kappa shape index (κ2) is 6.68. The quantitative estimate of drug-likeness (QED) is 0.552. The van der Waals surface area contributed by atoms with E-state index in [1.807, 2.05) is 25.1 Å². The number of benzene rings is 2. The molecule has 25 heavy (non-hydrogen) atoms. The summed E-state index contributed by atoms with van der Waals surface area (Å²) in [6.07, 6.45) is 5.58. The first kappa shape index (κ1) is 16.4. The Bertz CT molecular complexity index is 846. The van der Waals surface area contributed by atoms with Gasteiger partial charge in [0.15, 0.2) is 0 Å². The maximum absolute atomic E-state index is 12.1. The highest BCUT2D eigenvalue weighted by molar-refractivity contribution is 9.10. The van der Waals surface area contributed by atoms with Crippen molar-refractivity contribution in [2.24, 2.45) is 5.92 Å². The van der Waals surface area contributed by atoms with E-state index in [1.165, 1.54) is 11.1 Å². The Hall–Kier alpha value is -2.07. The lowest BCUT2D eigenvalue weighted by Crippen LogP contribution is -2.29.